The van der Waals surface area contributed by atoms with Crippen LogP contribution < -0.4 is 5.32 Å². The van der Waals surface area contributed by atoms with Crippen molar-refractivity contribution in [2.45, 2.75) is 65.8 Å². The highest BCUT2D eigenvalue weighted by molar-refractivity contribution is 4.69. The van der Waals surface area contributed by atoms with Crippen molar-refractivity contribution in [3.05, 3.63) is 0 Å². The number of ether oxygens (including phenoxy) is 1. The molecule has 0 aliphatic rings. The number of rotatable bonds is 11. The van der Waals surface area contributed by atoms with Crippen molar-refractivity contribution in [2.24, 2.45) is 5.92 Å². The van der Waals surface area contributed by atoms with E-state index in [9.17, 15) is 0 Å². The van der Waals surface area contributed by atoms with E-state index in [1.54, 1.807) is 0 Å². The zero-order valence-corrected chi connectivity index (χ0v) is 11.7. The van der Waals surface area contributed by atoms with Crippen molar-refractivity contribution in [1.82, 2.24) is 5.32 Å². The summed E-state index contributed by atoms with van der Waals surface area (Å²) in [5.74, 6) is 0.834. The van der Waals surface area contributed by atoms with Gasteiger partial charge in [-0.05, 0) is 38.6 Å². The van der Waals surface area contributed by atoms with Crippen LogP contribution in [0.4, 0.5) is 0 Å². The highest BCUT2D eigenvalue weighted by atomic mass is 16.5. The van der Waals surface area contributed by atoms with Gasteiger partial charge in [-0.3, -0.25) is 0 Å². The standard InChI is InChI=1S/C14H31NO/c1-5-8-13(4)12-14(15-10-6-2)9-11-16-7-3/h13-15H,5-12H2,1-4H3. The SMILES string of the molecule is CCCNC(CCOCC)CC(C)CCC. The quantitative estimate of drug-likeness (QED) is 0.547. The third kappa shape index (κ3) is 9.17. The third-order valence-corrected chi connectivity index (χ3v) is 2.97. The molecule has 1 N–H and O–H groups in total. The minimum atomic E-state index is 0.646. The van der Waals surface area contributed by atoms with E-state index in [1.807, 2.05) is 0 Å². The Morgan fingerprint density at radius 1 is 1.06 bits per heavy atom. The second kappa shape index (κ2) is 11.4. The maximum absolute atomic E-state index is 5.45. The van der Waals surface area contributed by atoms with Gasteiger partial charge in [0.05, 0.1) is 0 Å². The van der Waals surface area contributed by atoms with Crippen LogP contribution in [0.2, 0.25) is 0 Å². The number of hydrogen-bond acceptors (Lipinski definition) is 2. The lowest BCUT2D eigenvalue weighted by atomic mass is 9.95. The van der Waals surface area contributed by atoms with Gasteiger partial charge in [-0.2, -0.15) is 0 Å². The van der Waals surface area contributed by atoms with E-state index >= 15 is 0 Å². The van der Waals surface area contributed by atoms with E-state index in [2.05, 4.69) is 33.0 Å². The molecule has 0 aliphatic heterocycles. The zero-order chi connectivity index (χ0) is 12.2. The van der Waals surface area contributed by atoms with Crippen LogP contribution in [0.15, 0.2) is 0 Å². The Hall–Kier alpha value is -0.0800. The fraction of sp³-hybridized carbons (Fsp3) is 1.00. The van der Waals surface area contributed by atoms with Crippen molar-refractivity contribution >= 4 is 0 Å². The fourth-order valence-electron chi connectivity index (χ4n) is 2.12. The van der Waals surface area contributed by atoms with Crippen LogP contribution in [0.5, 0.6) is 0 Å². The van der Waals surface area contributed by atoms with Crippen LogP contribution in [-0.4, -0.2) is 25.8 Å². The predicted octanol–water partition coefficient (Wildman–Crippen LogP) is 3.61. The van der Waals surface area contributed by atoms with Crippen molar-refractivity contribution < 1.29 is 4.74 Å². The van der Waals surface area contributed by atoms with Gasteiger partial charge in [0.1, 0.15) is 0 Å². The lowest BCUT2D eigenvalue weighted by molar-refractivity contribution is 0.133. The molecule has 0 radical (unpaired) electrons. The number of hydrogen-bond donors (Lipinski definition) is 1. The number of nitrogens with one attached hydrogen (secondary N) is 1. The van der Waals surface area contributed by atoms with Gasteiger partial charge in [-0.25, -0.2) is 0 Å². The van der Waals surface area contributed by atoms with E-state index < -0.39 is 0 Å². The fourth-order valence-corrected chi connectivity index (χ4v) is 2.12. The summed E-state index contributed by atoms with van der Waals surface area (Å²) in [7, 11) is 0. The molecule has 2 nitrogen and oxygen atoms in total. The van der Waals surface area contributed by atoms with Crippen LogP contribution in [0.1, 0.15) is 59.8 Å². The molecule has 0 aliphatic carbocycles. The second-order valence-corrected chi connectivity index (χ2v) is 4.77. The summed E-state index contributed by atoms with van der Waals surface area (Å²) in [5.41, 5.74) is 0. The van der Waals surface area contributed by atoms with Gasteiger partial charge in [0.2, 0.25) is 0 Å². The van der Waals surface area contributed by atoms with Crippen molar-refractivity contribution in [2.75, 3.05) is 19.8 Å². The molecule has 98 valence electrons. The predicted molar refractivity (Wildman–Crippen MR) is 71.9 cm³/mol. The zero-order valence-electron chi connectivity index (χ0n) is 11.7. The van der Waals surface area contributed by atoms with Crippen LogP contribution >= 0.6 is 0 Å². The smallest absolute Gasteiger partial charge is 0.0480 e. The first-order valence-electron chi connectivity index (χ1n) is 7.05. The highest BCUT2D eigenvalue weighted by Crippen LogP contribution is 2.14. The van der Waals surface area contributed by atoms with Crippen molar-refractivity contribution in [3.8, 4) is 0 Å². The van der Waals surface area contributed by atoms with Crippen LogP contribution in [0.25, 0.3) is 0 Å². The van der Waals surface area contributed by atoms with E-state index in [0.29, 0.717) is 6.04 Å². The van der Waals surface area contributed by atoms with Gasteiger partial charge in [-0.1, -0.05) is 33.6 Å². The lowest BCUT2D eigenvalue weighted by Gasteiger charge is -2.22. The highest BCUT2D eigenvalue weighted by Gasteiger charge is 2.11. The lowest BCUT2D eigenvalue weighted by Crippen LogP contribution is -2.32. The Morgan fingerprint density at radius 2 is 1.81 bits per heavy atom. The molecule has 0 heterocycles. The maximum atomic E-state index is 5.45. The van der Waals surface area contributed by atoms with Crippen LogP contribution in [0, 0.1) is 5.92 Å². The topological polar surface area (TPSA) is 21.3 Å². The summed E-state index contributed by atoms with van der Waals surface area (Å²) in [5, 5.41) is 3.64. The first kappa shape index (κ1) is 15.9. The monoisotopic (exact) mass is 229 g/mol. The minimum absolute atomic E-state index is 0.646. The normalized spacial score (nSPS) is 15.0. The molecule has 0 aromatic heterocycles. The summed E-state index contributed by atoms with van der Waals surface area (Å²) in [6.07, 6.45) is 6.31. The molecule has 0 saturated heterocycles. The van der Waals surface area contributed by atoms with Crippen LogP contribution in [0.3, 0.4) is 0 Å². The molecule has 0 rings (SSSR count). The summed E-state index contributed by atoms with van der Waals surface area (Å²) >= 11 is 0. The average molecular weight is 229 g/mol. The minimum Gasteiger partial charge on any atom is -0.382 e. The molecule has 0 aromatic carbocycles. The summed E-state index contributed by atoms with van der Waals surface area (Å²) in [6.45, 7) is 11.8. The van der Waals surface area contributed by atoms with Crippen molar-refractivity contribution in [3.63, 3.8) is 0 Å². The molecule has 2 atom stereocenters. The molecule has 0 spiro atoms. The van der Waals surface area contributed by atoms with Gasteiger partial charge in [0.25, 0.3) is 0 Å². The largest absolute Gasteiger partial charge is 0.382 e. The van der Waals surface area contributed by atoms with E-state index in [1.165, 1.54) is 25.7 Å². The molecule has 0 aromatic rings. The molecule has 16 heavy (non-hydrogen) atoms. The molecule has 0 amide bonds. The summed E-state index contributed by atoms with van der Waals surface area (Å²) < 4.78 is 5.45. The first-order valence-corrected chi connectivity index (χ1v) is 7.05. The molecule has 0 saturated carbocycles. The molecule has 2 unspecified atom stereocenters. The molecule has 2 heteroatoms. The summed E-state index contributed by atoms with van der Waals surface area (Å²) in [4.78, 5) is 0. The Morgan fingerprint density at radius 3 is 2.38 bits per heavy atom. The first-order chi connectivity index (χ1) is 7.74. The molecular formula is C14H31NO. The van der Waals surface area contributed by atoms with Crippen LogP contribution in [-0.2, 0) is 4.74 Å². The van der Waals surface area contributed by atoms with E-state index in [0.717, 1.165) is 32.1 Å². The third-order valence-electron chi connectivity index (χ3n) is 2.97. The Bertz CT molecular complexity index is 139. The van der Waals surface area contributed by atoms with Gasteiger partial charge in [0.15, 0.2) is 0 Å². The maximum Gasteiger partial charge on any atom is 0.0480 e. The summed E-state index contributed by atoms with van der Waals surface area (Å²) in [6, 6.07) is 0.646. The van der Waals surface area contributed by atoms with Gasteiger partial charge in [0, 0.05) is 19.3 Å². The van der Waals surface area contributed by atoms with Gasteiger partial charge in [-0.15, -0.1) is 0 Å². The average Bonchev–Trinajstić information content (AvgIpc) is 2.26. The second-order valence-electron chi connectivity index (χ2n) is 4.77. The molecular weight excluding hydrogens is 198 g/mol. The molecule has 0 bridgehead atoms. The Labute approximate surface area is 102 Å². The molecule has 0 fully saturated rings. The Balaban J connectivity index is 3.78. The Kier molecular flexibility index (Phi) is 11.3. The van der Waals surface area contributed by atoms with Crippen molar-refractivity contribution in [1.29, 1.82) is 0 Å². The van der Waals surface area contributed by atoms with E-state index in [-0.39, 0.29) is 0 Å². The van der Waals surface area contributed by atoms with E-state index in [4.69, 9.17) is 4.74 Å². The van der Waals surface area contributed by atoms with Gasteiger partial charge < -0.3 is 10.1 Å². The van der Waals surface area contributed by atoms with Gasteiger partial charge >= 0.3 is 0 Å².